The molecule has 1 atom stereocenters. The average molecular weight is 466 g/mol. The molecule has 2 aromatic rings. The molecule has 31 heavy (non-hydrogen) atoms. The molecule has 2 aromatic carbocycles. The Hall–Kier alpha value is -2.62. The van der Waals surface area contributed by atoms with Crippen LogP contribution in [0.4, 0.5) is 0 Å². The van der Waals surface area contributed by atoms with E-state index in [4.69, 9.17) is 22.1 Å². The van der Waals surface area contributed by atoms with Crippen molar-refractivity contribution in [3.63, 3.8) is 0 Å². The molecule has 0 saturated carbocycles. The number of benzene rings is 2. The van der Waals surface area contributed by atoms with Crippen LogP contribution in [-0.4, -0.2) is 44.2 Å². The largest absolute Gasteiger partial charge is 0.483 e. The van der Waals surface area contributed by atoms with Gasteiger partial charge in [-0.25, -0.2) is 8.42 Å². The molecule has 0 spiro atoms. The zero-order chi connectivity index (χ0) is 22.6. The van der Waals surface area contributed by atoms with Crippen LogP contribution in [0.2, 0.25) is 5.02 Å². The molecule has 0 bridgehead atoms. The standard InChI is InChI=1S/C21H24ClN3O5S/c1-14(15-4-6-16(22)7-5-15)24-20(26)13-30-19-9-8-17(12-18(19)21(23)27)31(28,29)25-10-2-3-11-25/h4-9,12,14H,2-3,10-11,13H2,1H3,(H2,23,27)(H,24,26). The minimum Gasteiger partial charge on any atom is -0.483 e. The summed E-state index contributed by atoms with van der Waals surface area (Å²) in [6, 6.07) is 10.7. The quantitative estimate of drug-likeness (QED) is 0.620. The number of halogens is 1. The number of ether oxygens (including phenoxy) is 1. The Bertz CT molecular complexity index is 1070. The van der Waals surface area contributed by atoms with Gasteiger partial charge in [-0.3, -0.25) is 9.59 Å². The SMILES string of the molecule is CC(NC(=O)COc1ccc(S(=O)(=O)N2CCCC2)cc1C(N)=O)c1ccc(Cl)cc1. The second kappa shape index (κ2) is 9.67. The van der Waals surface area contributed by atoms with Gasteiger partial charge in [0.2, 0.25) is 10.0 Å². The third kappa shape index (κ3) is 5.55. The summed E-state index contributed by atoms with van der Waals surface area (Å²) in [5, 5.41) is 3.38. The molecule has 166 valence electrons. The molecule has 2 amide bonds. The highest BCUT2D eigenvalue weighted by Gasteiger charge is 2.28. The Morgan fingerprint density at radius 2 is 1.81 bits per heavy atom. The predicted octanol–water partition coefficient (Wildman–Crippen LogP) is 2.48. The summed E-state index contributed by atoms with van der Waals surface area (Å²) in [6.45, 7) is 2.33. The monoisotopic (exact) mass is 465 g/mol. The van der Waals surface area contributed by atoms with Crippen LogP contribution in [0.25, 0.3) is 0 Å². The number of hydrogen-bond acceptors (Lipinski definition) is 5. The highest BCUT2D eigenvalue weighted by Crippen LogP contribution is 2.26. The van der Waals surface area contributed by atoms with Crippen LogP contribution in [-0.2, 0) is 14.8 Å². The van der Waals surface area contributed by atoms with Gasteiger partial charge in [-0.15, -0.1) is 0 Å². The number of nitrogens with two attached hydrogens (primary N) is 1. The highest BCUT2D eigenvalue weighted by molar-refractivity contribution is 7.89. The Kier molecular flexibility index (Phi) is 7.19. The van der Waals surface area contributed by atoms with Gasteiger partial charge in [0.25, 0.3) is 11.8 Å². The fourth-order valence-electron chi connectivity index (χ4n) is 3.33. The molecule has 1 fully saturated rings. The number of sulfonamides is 1. The molecule has 0 radical (unpaired) electrons. The minimum atomic E-state index is -3.71. The van der Waals surface area contributed by atoms with Crippen LogP contribution in [0.1, 0.15) is 41.7 Å². The Morgan fingerprint density at radius 1 is 1.16 bits per heavy atom. The van der Waals surface area contributed by atoms with Gasteiger partial charge >= 0.3 is 0 Å². The van der Waals surface area contributed by atoms with Gasteiger partial charge in [-0.2, -0.15) is 4.31 Å². The first-order valence-corrected chi connectivity index (χ1v) is 11.6. The van der Waals surface area contributed by atoms with Gasteiger partial charge in [0.05, 0.1) is 16.5 Å². The Morgan fingerprint density at radius 3 is 2.42 bits per heavy atom. The number of nitrogens with one attached hydrogen (secondary N) is 1. The maximum Gasteiger partial charge on any atom is 0.258 e. The topological polar surface area (TPSA) is 119 Å². The molecular weight excluding hydrogens is 442 g/mol. The third-order valence-corrected chi connectivity index (χ3v) is 7.17. The second-order valence-corrected chi connectivity index (χ2v) is 9.64. The lowest BCUT2D eigenvalue weighted by Crippen LogP contribution is -2.31. The molecule has 1 unspecified atom stereocenters. The van der Waals surface area contributed by atoms with Crippen LogP contribution < -0.4 is 15.8 Å². The van der Waals surface area contributed by atoms with E-state index in [9.17, 15) is 18.0 Å². The van der Waals surface area contributed by atoms with Gasteiger partial charge in [0.1, 0.15) is 5.75 Å². The number of amides is 2. The number of primary amides is 1. The molecule has 10 heteroatoms. The number of nitrogens with zero attached hydrogens (tertiary/aromatic N) is 1. The summed E-state index contributed by atoms with van der Waals surface area (Å²) in [5.41, 5.74) is 6.19. The number of carbonyl (C=O) groups is 2. The molecule has 0 aromatic heterocycles. The normalized spacial score (nSPS) is 15.4. The Labute approximate surface area is 186 Å². The highest BCUT2D eigenvalue weighted by atomic mass is 35.5. The van der Waals surface area contributed by atoms with Gasteiger partial charge < -0.3 is 15.8 Å². The van der Waals surface area contributed by atoms with Gasteiger partial charge in [-0.05, 0) is 55.7 Å². The number of carbonyl (C=O) groups excluding carboxylic acids is 2. The van der Waals surface area contributed by atoms with Gasteiger partial charge in [0, 0.05) is 18.1 Å². The van der Waals surface area contributed by atoms with Crippen molar-refractivity contribution < 1.29 is 22.7 Å². The maximum absolute atomic E-state index is 12.7. The van der Waals surface area contributed by atoms with Crippen molar-refractivity contribution in [2.75, 3.05) is 19.7 Å². The van der Waals surface area contributed by atoms with Crippen LogP contribution in [0.3, 0.4) is 0 Å². The van der Waals surface area contributed by atoms with E-state index in [0.717, 1.165) is 18.4 Å². The summed E-state index contributed by atoms with van der Waals surface area (Å²) in [7, 11) is -3.71. The van der Waals surface area contributed by atoms with Gasteiger partial charge in [-0.1, -0.05) is 23.7 Å². The van der Waals surface area contributed by atoms with E-state index < -0.39 is 21.8 Å². The lowest BCUT2D eigenvalue weighted by Gasteiger charge is -2.18. The van der Waals surface area contributed by atoms with Crippen LogP contribution in [0.15, 0.2) is 47.4 Å². The molecule has 8 nitrogen and oxygen atoms in total. The molecule has 3 rings (SSSR count). The second-order valence-electron chi connectivity index (χ2n) is 7.26. The fourth-order valence-corrected chi connectivity index (χ4v) is 5.00. The first kappa shape index (κ1) is 23.1. The fraction of sp³-hybridized carbons (Fsp3) is 0.333. The summed E-state index contributed by atoms with van der Waals surface area (Å²) in [4.78, 5) is 24.1. The summed E-state index contributed by atoms with van der Waals surface area (Å²) < 4.78 is 32.3. The first-order valence-electron chi connectivity index (χ1n) is 9.80. The van der Waals surface area contributed by atoms with E-state index in [2.05, 4.69) is 5.32 Å². The Balaban J connectivity index is 1.68. The first-order chi connectivity index (χ1) is 14.7. The van der Waals surface area contributed by atoms with E-state index in [1.807, 2.05) is 6.92 Å². The van der Waals surface area contributed by atoms with Crippen molar-refractivity contribution in [3.8, 4) is 5.75 Å². The van der Waals surface area contributed by atoms with E-state index >= 15 is 0 Å². The van der Waals surface area contributed by atoms with Crippen molar-refractivity contribution in [2.45, 2.75) is 30.7 Å². The zero-order valence-corrected chi connectivity index (χ0v) is 18.6. The van der Waals surface area contributed by atoms with Crippen molar-refractivity contribution >= 4 is 33.4 Å². The van der Waals surface area contributed by atoms with Crippen LogP contribution in [0, 0.1) is 0 Å². The van der Waals surface area contributed by atoms with E-state index in [1.165, 1.54) is 22.5 Å². The number of hydrogen-bond donors (Lipinski definition) is 2. The van der Waals surface area contributed by atoms with Crippen LogP contribution >= 0.6 is 11.6 Å². The summed E-state index contributed by atoms with van der Waals surface area (Å²) in [5.74, 6) is -1.21. The maximum atomic E-state index is 12.7. The molecule has 1 aliphatic rings. The van der Waals surface area contributed by atoms with Crippen molar-refractivity contribution in [3.05, 3.63) is 58.6 Å². The molecule has 0 aliphatic carbocycles. The lowest BCUT2D eigenvalue weighted by atomic mass is 10.1. The smallest absolute Gasteiger partial charge is 0.258 e. The molecule has 1 saturated heterocycles. The summed E-state index contributed by atoms with van der Waals surface area (Å²) in [6.07, 6.45) is 1.60. The molecule has 3 N–H and O–H groups in total. The summed E-state index contributed by atoms with van der Waals surface area (Å²) >= 11 is 5.87. The van der Waals surface area contributed by atoms with Crippen molar-refractivity contribution in [2.24, 2.45) is 5.73 Å². The molecular formula is C21H24ClN3O5S. The predicted molar refractivity (Wildman–Crippen MR) is 116 cm³/mol. The van der Waals surface area contributed by atoms with Crippen LogP contribution in [0.5, 0.6) is 5.75 Å². The van der Waals surface area contributed by atoms with Crippen molar-refractivity contribution in [1.29, 1.82) is 0 Å². The van der Waals surface area contributed by atoms with Gasteiger partial charge in [0.15, 0.2) is 6.61 Å². The average Bonchev–Trinajstić information content (AvgIpc) is 3.28. The molecule has 1 heterocycles. The third-order valence-electron chi connectivity index (χ3n) is 5.03. The van der Waals surface area contributed by atoms with E-state index in [-0.39, 0.29) is 28.9 Å². The zero-order valence-electron chi connectivity index (χ0n) is 17.0. The lowest BCUT2D eigenvalue weighted by molar-refractivity contribution is -0.123. The minimum absolute atomic E-state index is 0.0311. The number of rotatable bonds is 8. The molecule has 1 aliphatic heterocycles. The van der Waals surface area contributed by atoms with Crippen molar-refractivity contribution in [1.82, 2.24) is 9.62 Å². The van der Waals surface area contributed by atoms with E-state index in [1.54, 1.807) is 24.3 Å². The van der Waals surface area contributed by atoms with E-state index in [0.29, 0.717) is 18.1 Å².